The maximum absolute atomic E-state index is 13.4. The monoisotopic (exact) mass is 660 g/mol. The van der Waals surface area contributed by atoms with E-state index in [1.807, 2.05) is 47.4 Å². The highest BCUT2D eigenvalue weighted by molar-refractivity contribution is 6.08. The van der Waals surface area contributed by atoms with Crippen LogP contribution in [0.4, 0.5) is 24.5 Å². The molecular weight excluding hydrogens is 625 g/mol. The number of hydrogen-bond acceptors (Lipinski definition) is 7. The molecule has 4 aromatic carbocycles. The van der Waals surface area contributed by atoms with Gasteiger partial charge in [-0.2, -0.15) is 13.2 Å². The number of carbonyl (C=O) groups excluding carboxylic acids is 3. The number of carbonyl (C=O) groups is 3. The number of benzene rings is 4. The summed E-state index contributed by atoms with van der Waals surface area (Å²) >= 11 is 0. The van der Waals surface area contributed by atoms with Crippen molar-refractivity contribution in [2.75, 3.05) is 50.1 Å². The van der Waals surface area contributed by atoms with Crippen molar-refractivity contribution in [1.29, 1.82) is 0 Å². The number of aliphatic hydroxyl groups excluding tert-OH is 1. The smallest absolute Gasteiger partial charge is 0.416 e. The summed E-state index contributed by atoms with van der Waals surface area (Å²) in [4.78, 5) is 42.8. The zero-order chi connectivity index (χ0) is 34.3. The van der Waals surface area contributed by atoms with E-state index in [2.05, 4.69) is 15.5 Å². The van der Waals surface area contributed by atoms with E-state index in [1.54, 1.807) is 36.4 Å². The van der Waals surface area contributed by atoms with E-state index >= 15 is 0 Å². The molecule has 1 aliphatic rings. The van der Waals surface area contributed by atoms with Crippen molar-refractivity contribution < 1.29 is 37.4 Å². The molecule has 0 bridgehead atoms. The molecule has 0 spiro atoms. The lowest BCUT2D eigenvalue weighted by molar-refractivity contribution is -0.147. The summed E-state index contributed by atoms with van der Waals surface area (Å²) in [6, 6.07) is 26.1. The zero-order valence-electron chi connectivity index (χ0n) is 26.1. The van der Waals surface area contributed by atoms with Crippen LogP contribution in [0.15, 0.2) is 103 Å². The minimum atomic E-state index is -4.45. The first-order chi connectivity index (χ1) is 23.1. The van der Waals surface area contributed by atoms with Gasteiger partial charge in [-0.15, -0.1) is 0 Å². The molecule has 5 rings (SSSR count). The van der Waals surface area contributed by atoms with Gasteiger partial charge in [0.1, 0.15) is 6.04 Å². The third-order valence-corrected chi connectivity index (χ3v) is 8.21. The van der Waals surface area contributed by atoms with Crippen LogP contribution in [0.5, 0.6) is 0 Å². The molecule has 0 aliphatic carbocycles. The Balaban J connectivity index is 1.23. The minimum Gasteiger partial charge on any atom is -0.467 e. The number of rotatable bonds is 10. The van der Waals surface area contributed by atoms with E-state index in [1.165, 1.54) is 19.2 Å². The number of esters is 1. The second kappa shape index (κ2) is 15.1. The van der Waals surface area contributed by atoms with Crippen molar-refractivity contribution >= 4 is 29.2 Å². The molecule has 1 aliphatic heterocycles. The van der Waals surface area contributed by atoms with E-state index in [4.69, 9.17) is 4.74 Å². The van der Waals surface area contributed by atoms with Crippen LogP contribution in [0.2, 0.25) is 0 Å². The molecule has 1 heterocycles. The fourth-order valence-electron chi connectivity index (χ4n) is 5.70. The third kappa shape index (κ3) is 8.01. The van der Waals surface area contributed by atoms with Gasteiger partial charge in [-0.25, -0.2) is 4.79 Å². The summed E-state index contributed by atoms with van der Waals surface area (Å²) in [5.74, 6) is -1.54. The van der Waals surface area contributed by atoms with Gasteiger partial charge in [0, 0.05) is 43.1 Å². The fourth-order valence-corrected chi connectivity index (χ4v) is 5.70. The highest BCUT2D eigenvalue weighted by Crippen LogP contribution is 2.32. The summed E-state index contributed by atoms with van der Waals surface area (Å²) in [5.41, 5.74) is 2.79. The minimum absolute atomic E-state index is 0.325. The molecule has 9 nitrogen and oxygen atoms in total. The SMILES string of the molecule is COC(=O)C(CO)NC(=O)C(c1ccccc1)N1CCN(c2ccc(NC(=O)c3ccccc3-c3ccc(C(F)(F)F)cc3)cc2)CC1. The first-order valence-corrected chi connectivity index (χ1v) is 15.3. The summed E-state index contributed by atoms with van der Waals surface area (Å²) in [6.07, 6.45) is -4.45. The highest BCUT2D eigenvalue weighted by atomic mass is 19.4. The molecule has 0 saturated carbocycles. The molecule has 2 atom stereocenters. The van der Waals surface area contributed by atoms with Crippen molar-refractivity contribution in [2.24, 2.45) is 0 Å². The highest BCUT2D eigenvalue weighted by Gasteiger charge is 2.33. The molecular formula is C36H35F3N4O5. The van der Waals surface area contributed by atoms with Crippen molar-refractivity contribution in [3.63, 3.8) is 0 Å². The number of methoxy groups -OCH3 is 1. The molecule has 48 heavy (non-hydrogen) atoms. The van der Waals surface area contributed by atoms with Gasteiger partial charge in [0.15, 0.2) is 6.04 Å². The number of aliphatic hydroxyl groups is 1. The molecule has 0 aromatic heterocycles. The van der Waals surface area contributed by atoms with Crippen LogP contribution in [-0.2, 0) is 20.5 Å². The number of ether oxygens (including phenoxy) is 1. The van der Waals surface area contributed by atoms with Crippen LogP contribution in [-0.4, -0.2) is 73.7 Å². The van der Waals surface area contributed by atoms with Crippen LogP contribution >= 0.6 is 0 Å². The predicted octanol–water partition coefficient (Wildman–Crippen LogP) is 5.14. The van der Waals surface area contributed by atoms with Crippen molar-refractivity contribution in [3.05, 3.63) is 120 Å². The number of nitrogens with zero attached hydrogens (tertiary/aromatic N) is 2. The zero-order valence-corrected chi connectivity index (χ0v) is 26.1. The lowest BCUT2D eigenvalue weighted by atomic mass is 9.98. The van der Waals surface area contributed by atoms with Crippen LogP contribution in [0.25, 0.3) is 11.1 Å². The van der Waals surface area contributed by atoms with Crippen LogP contribution in [0, 0.1) is 0 Å². The topological polar surface area (TPSA) is 111 Å². The first-order valence-electron chi connectivity index (χ1n) is 15.3. The van der Waals surface area contributed by atoms with Gasteiger partial charge in [-0.1, -0.05) is 60.7 Å². The Morgan fingerprint density at radius 3 is 2.06 bits per heavy atom. The lowest BCUT2D eigenvalue weighted by Gasteiger charge is -2.40. The summed E-state index contributed by atoms with van der Waals surface area (Å²) in [6.45, 7) is 1.69. The lowest BCUT2D eigenvalue weighted by Crippen LogP contribution is -2.53. The maximum Gasteiger partial charge on any atom is 0.416 e. The number of anilines is 2. The number of alkyl halides is 3. The van der Waals surface area contributed by atoms with Crippen molar-refractivity contribution in [1.82, 2.24) is 10.2 Å². The van der Waals surface area contributed by atoms with Gasteiger partial charge >= 0.3 is 12.1 Å². The van der Waals surface area contributed by atoms with E-state index in [0.717, 1.165) is 23.4 Å². The Kier molecular flexibility index (Phi) is 10.8. The van der Waals surface area contributed by atoms with Gasteiger partial charge in [0.2, 0.25) is 5.91 Å². The maximum atomic E-state index is 13.4. The average molecular weight is 661 g/mol. The van der Waals surface area contributed by atoms with E-state index in [0.29, 0.717) is 48.6 Å². The molecule has 2 amide bonds. The fraction of sp³-hybridized carbons (Fsp3) is 0.250. The van der Waals surface area contributed by atoms with E-state index < -0.39 is 48.2 Å². The molecule has 1 fully saturated rings. The number of nitrogens with one attached hydrogen (secondary N) is 2. The Hall–Kier alpha value is -5.20. The number of piperazine rings is 1. The molecule has 250 valence electrons. The van der Waals surface area contributed by atoms with Crippen LogP contribution in [0.1, 0.15) is 27.5 Å². The first kappa shape index (κ1) is 34.1. The van der Waals surface area contributed by atoms with Crippen molar-refractivity contribution in [3.8, 4) is 11.1 Å². The van der Waals surface area contributed by atoms with Gasteiger partial charge in [0.25, 0.3) is 5.91 Å². The van der Waals surface area contributed by atoms with Crippen molar-refractivity contribution in [2.45, 2.75) is 18.3 Å². The largest absolute Gasteiger partial charge is 0.467 e. The standard InChI is InChI=1S/C36H35F3N4O5/c1-48-35(47)31(23-44)41-34(46)32(25-7-3-2-4-8-25)43-21-19-42(20-22-43)28-17-15-27(16-18-28)40-33(45)30-10-6-5-9-29(30)24-11-13-26(14-12-24)36(37,38)39/h2-18,31-32,44H,19-23H2,1H3,(H,40,45)(H,41,46). The third-order valence-electron chi connectivity index (χ3n) is 8.21. The summed E-state index contributed by atoms with van der Waals surface area (Å²) in [7, 11) is 1.19. The van der Waals surface area contributed by atoms with Gasteiger partial charge in [-0.05, 0) is 59.2 Å². The molecule has 2 unspecified atom stereocenters. The Labute approximate surface area is 275 Å². The average Bonchev–Trinajstić information content (AvgIpc) is 3.11. The van der Waals surface area contributed by atoms with E-state index in [9.17, 15) is 32.7 Å². The van der Waals surface area contributed by atoms with Crippen LogP contribution in [0.3, 0.4) is 0 Å². The van der Waals surface area contributed by atoms with Gasteiger partial charge < -0.3 is 25.4 Å². The summed E-state index contributed by atoms with van der Waals surface area (Å²) in [5, 5.41) is 15.1. The van der Waals surface area contributed by atoms with Crippen LogP contribution < -0.4 is 15.5 Å². The number of halogens is 3. The van der Waals surface area contributed by atoms with E-state index in [-0.39, 0.29) is 0 Å². The number of amides is 2. The molecule has 3 N–H and O–H groups in total. The molecule has 0 radical (unpaired) electrons. The molecule has 12 heteroatoms. The molecule has 1 saturated heterocycles. The predicted molar refractivity (Wildman–Crippen MR) is 175 cm³/mol. The number of hydrogen-bond donors (Lipinski definition) is 3. The normalized spacial score (nSPS) is 14.9. The quantitative estimate of drug-likeness (QED) is 0.202. The second-order valence-electron chi connectivity index (χ2n) is 11.2. The second-order valence-corrected chi connectivity index (χ2v) is 11.2. The van der Waals surface area contributed by atoms with Gasteiger partial charge in [0.05, 0.1) is 19.3 Å². The Morgan fingerprint density at radius 2 is 1.46 bits per heavy atom. The Morgan fingerprint density at radius 1 is 0.833 bits per heavy atom. The Bertz CT molecular complexity index is 1710. The molecule has 4 aromatic rings. The summed E-state index contributed by atoms with van der Waals surface area (Å²) < 4.78 is 43.8. The van der Waals surface area contributed by atoms with Gasteiger partial charge in [-0.3, -0.25) is 14.5 Å².